The lowest BCUT2D eigenvalue weighted by molar-refractivity contribution is 0.0924. The highest BCUT2D eigenvalue weighted by atomic mass is 19.1. The zero-order valence-electron chi connectivity index (χ0n) is 11.4. The van der Waals surface area contributed by atoms with E-state index in [1.807, 2.05) is 6.07 Å². The molecule has 0 aliphatic carbocycles. The first-order chi connectivity index (χ1) is 10.2. The fourth-order valence-electron chi connectivity index (χ4n) is 2.19. The molecule has 1 N–H and O–H groups in total. The van der Waals surface area contributed by atoms with Gasteiger partial charge in [-0.15, -0.1) is 0 Å². The number of carbonyl (C=O) groups excluding carboxylic acids is 1. The van der Waals surface area contributed by atoms with Crippen LogP contribution in [0.15, 0.2) is 47.1 Å². The number of hydrogen-bond donors (Lipinski definition) is 1. The number of fused-ring (bicyclic) bond motifs is 1. The number of aryl methyl sites for hydroxylation is 1. The van der Waals surface area contributed by atoms with Crippen LogP contribution in [0.1, 0.15) is 21.7 Å². The van der Waals surface area contributed by atoms with E-state index in [1.165, 1.54) is 6.07 Å². The van der Waals surface area contributed by atoms with E-state index in [2.05, 4.69) is 10.3 Å². The summed E-state index contributed by atoms with van der Waals surface area (Å²) in [6.07, 6.45) is 3.34. The molecule has 0 aliphatic rings. The van der Waals surface area contributed by atoms with Gasteiger partial charge in [0.1, 0.15) is 0 Å². The fourth-order valence-corrected chi connectivity index (χ4v) is 2.19. The van der Waals surface area contributed by atoms with Crippen LogP contribution in [0.25, 0.3) is 11.0 Å². The second-order valence-electron chi connectivity index (χ2n) is 4.72. The van der Waals surface area contributed by atoms with Crippen molar-refractivity contribution in [2.24, 2.45) is 0 Å². The number of pyridine rings is 1. The Bertz CT molecular complexity index is 797. The third-order valence-corrected chi connectivity index (χ3v) is 3.30. The number of nitrogens with one attached hydrogen (secondary N) is 1. The van der Waals surface area contributed by atoms with E-state index in [0.717, 1.165) is 5.56 Å². The van der Waals surface area contributed by atoms with Crippen LogP contribution < -0.4 is 5.32 Å². The van der Waals surface area contributed by atoms with E-state index in [1.54, 1.807) is 37.5 Å². The normalized spacial score (nSPS) is 10.8. The average molecular weight is 284 g/mol. The van der Waals surface area contributed by atoms with E-state index in [-0.39, 0.29) is 17.3 Å². The van der Waals surface area contributed by atoms with Crippen LogP contribution in [0.4, 0.5) is 4.39 Å². The maximum Gasteiger partial charge on any atom is 0.287 e. The van der Waals surface area contributed by atoms with Gasteiger partial charge in [-0.1, -0.05) is 18.2 Å². The predicted molar refractivity (Wildman–Crippen MR) is 76.3 cm³/mol. The van der Waals surface area contributed by atoms with Crippen molar-refractivity contribution in [3.05, 3.63) is 65.4 Å². The third-order valence-electron chi connectivity index (χ3n) is 3.30. The standard InChI is InChI=1S/C16H13FN2O2/c1-10-12-5-2-6-13(17)15(12)21-14(10)16(20)19-9-11-4-3-7-18-8-11/h2-8H,9H2,1H3,(H,19,20). The number of nitrogens with zero attached hydrogens (tertiary/aromatic N) is 1. The van der Waals surface area contributed by atoms with Crippen molar-refractivity contribution >= 4 is 16.9 Å². The van der Waals surface area contributed by atoms with E-state index in [4.69, 9.17) is 4.42 Å². The summed E-state index contributed by atoms with van der Waals surface area (Å²) in [5.74, 6) is -0.701. The molecule has 1 aromatic carbocycles. The maximum atomic E-state index is 13.7. The highest BCUT2D eigenvalue weighted by molar-refractivity contribution is 5.98. The Morgan fingerprint density at radius 3 is 2.90 bits per heavy atom. The molecule has 0 spiro atoms. The van der Waals surface area contributed by atoms with Crippen molar-refractivity contribution in [2.45, 2.75) is 13.5 Å². The molecular weight excluding hydrogens is 271 g/mol. The molecule has 2 aromatic heterocycles. The van der Waals surface area contributed by atoms with Gasteiger partial charge in [-0.2, -0.15) is 0 Å². The van der Waals surface area contributed by atoms with Crippen molar-refractivity contribution < 1.29 is 13.6 Å². The molecular formula is C16H13FN2O2. The fraction of sp³-hybridized carbons (Fsp3) is 0.125. The number of hydrogen-bond acceptors (Lipinski definition) is 3. The van der Waals surface area contributed by atoms with Gasteiger partial charge in [0, 0.05) is 29.9 Å². The summed E-state index contributed by atoms with van der Waals surface area (Å²) in [5.41, 5.74) is 1.63. The molecule has 4 nitrogen and oxygen atoms in total. The largest absolute Gasteiger partial charge is 0.448 e. The molecule has 106 valence electrons. The minimum Gasteiger partial charge on any atom is -0.448 e. The summed E-state index contributed by atoms with van der Waals surface area (Å²) >= 11 is 0. The van der Waals surface area contributed by atoms with Gasteiger partial charge in [0.25, 0.3) is 5.91 Å². The molecule has 0 saturated carbocycles. The van der Waals surface area contributed by atoms with Gasteiger partial charge >= 0.3 is 0 Å². The maximum absolute atomic E-state index is 13.7. The first-order valence-corrected chi connectivity index (χ1v) is 6.51. The van der Waals surface area contributed by atoms with E-state index in [9.17, 15) is 9.18 Å². The van der Waals surface area contributed by atoms with Crippen LogP contribution in [-0.4, -0.2) is 10.9 Å². The van der Waals surface area contributed by atoms with Crippen LogP contribution in [0.2, 0.25) is 0 Å². The number of benzene rings is 1. The van der Waals surface area contributed by atoms with Crippen LogP contribution in [0.5, 0.6) is 0 Å². The van der Waals surface area contributed by atoms with Crippen molar-refractivity contribution in [1.29, 1.82) is 0 Å². The summed E-state index contributed by atoms with van der Waals surface area (Å²) < 4.78 is 19.0. The molecule has 0 saturated heterocycles. The van der Waals surface area contributed by atoms with Gasteiger partial charge in [0.2, 0.25) is 0 Å². The van der Waals surface area contributed by atoms with Gasteiger partial charge in [-0.05, 0) is 24.6 Å². The number of para-hydroxylation sites is 1. The van der Waals surface area contributed by atoms with Crippen LogP contribution >= 0.6 is 0 Å². The smallest absolute Gasteiger partial charge is 0.287 e. The Balaban J connectivity index is 1.85. The van der Waals surface area contributed by atoms with Gasteiger partial charge < -0.3 is 9.73 Å². The Morgan fingerprint density at radius 2 is 2.19 bits per heavy atom. The average Bonchev–Trinajstić information content (AvgIpc) is 2.85. The second kappa shape index (κ2) is 5.36. The summed E-state index contributed by atoms with van der Waals surface area (Å²) in [5, 5.41) is 3.35. The number of furan rings is 1. The minimum absolute atomic E-state index is 0.113. The molecule has 0 bridgehead atoms. The van der Waals surface area contributed by atoms with E-state index < -0.39 is 5.82 Å². The molecule has 0 aliphatic heterocycles. The summed E-state index contributed by atoms with van der Waals surface area (Å²) in [6, 6.07) is 8.29. The van der Waals surface area contributed by atoms with Crippen LogP contribution in [0, 0.1) is 12.7 Å². The number of amides is 1. The van der Waals surface area contributed by atoms with Gasteiger partial charge in [-0.25, -0.2) is 4.39 Å². The first kappa shape index (κ1) is 13.3. The van der Waals surface area contributed by atoms with Gasteiger partial charge in [-0.3, -0.25) is 9.78 Å². The first-order valence-electron chi connectivity index (χ1n) is 6.51. The lowest BCUT2D eigenvalue weighted by Gasteiger charge is -2.03. The molecule has 3 aromatic rings. The van der Waals surface area contributed by atoms with Crippen LogP contribution in [-0.2, 0) is 6.54 Å². The molecule has 1 amide bonds. The number of rotatable bonds is 3. The highest BCUT2D eigenvalue weighted by Crippen LogP contribution is 2.27. The molecule has 0 atom stereocenters. The monoisotopic (exact) mass is 284 g/mol. The third kappa shape index (κ3) is 2.50. The molecule has 2 heterocycles. The lowest BCUT2D eigenvalue weighted by atomic mass is 10.1. The molecule has 0 radical (unpaired) electrons. The van der Waals surface area contributed by atoms with E-state index in [0.29, 0.717) is 17.5 Å². The molecule has 21 heavy (non-hydrogen) atoms. The quantitative estimate of drug-likeness (QED) is 0.803. The summed E-state index contributed by atoms with van der Waals surface area (Å²) in [7, 11) is 0. The second-order valence-corrected chi connectivity index (χ2v) is 4.72. The summed E-state index contributed by atoms with van der Waals surface area (Å²) in [4.78, 5) is 16.1. The van der Waals surface area contributed by atoms with Crippen molar-refractivity contribution in [3.8, 4) is 0 Å². The summed E-state index contributed by atoms with van der Waals surface area (Å²) in [6.45, 7) is 2.08. The SMILES string of the molecule is Cc1c(C(=O)NCc2cccnc2)oc2c(F)cccc12. The van der Waals surface area contributed by atoms with Crippen molar-refractivity contribution in [2.75, 3.05) is 0 Å². The van der Waals surface area contributed by atoms with Crippen molar-refractivity contribution in [3.63, 3.8) is 0 Å². The van der Waals surface area contributed by atoms with Crippen LogP contribution in [0.3, 0.4) is 0 Å². The zero-order chi connectivity index (χ0) is 14.8. The molecule has 5 heteroatoms. The minimum atomic E-state index is -0.470. The number of carbonyl (C=O) groups is 1. The zero-order valence-corrected chi connectivity index (χ0v) is 11.4. The Labute approximate surface area is 120 Å². The Morgan fingerprint density at radius 1 is 1.33 bits per heavy atom. The Hall–Kier alpha value is -2.69. The number of aromatic nitrogens is 1. The van der Waals surface area contributed by atoms with E-state index >= 15 is 0 Å². The Kier molecular flexibility index (Phi) is 3.39. The lowest BCUT2D eigenvalue weighted by Crippen LogP contribution is -2.23. The number of halogens is 1. The topological polar surface area (TPSA) is 55.1 Å². The molecule has 0 unspecified atom stereocenters. The van der Waals surface area contributed by atoms with Gasteiger partial charge in [0.05, 0.1) is 0 Å². The highest BCUT2D eigenvalue weighted by Gasteiger charge is 2.19. The predicted octanol–water partition coefficient (Wildman–Crippen LogP) is 3.21. The van der Waals surface area contributed by atoms with Gasteiger partial charge in [0.15, 0.2) is 17.2 Å². The van der Waals surface area contributed by atoms with Crippen molar-refractivity contribution in [1.82, 2.24) is 10.3 Å². The molecule has 0 fully saturated rings. The molecule has 3 rings (SSSR count).